The number of hydrogen-bond donors (Lipinski definition) is 0. The van der Waals surface area contributed by atoms with E-state index in [0.29, 0.717) is 0 Å². The van der Waals surface area contributed by atoms with E-state index in [9.17, 15) is 0 Å². The van der Waals surface area contributed by atoms with Gasteiger partial charge in [0.1, 0.15) is 5.75 Å². The highest BCUT2D eigenvalue weighted by molar-refractivity contribution is 5.83. The van der Waals surface area contributed by atoms with Crippen molar-refractivity contribution in [1.29, 1.82) is 0 Å². The molecule has 0 fully saturated rings. The number of anilines is 5. The molecule has 0 heterocycles. The molecule has 0 atom stereocenters. The molecule has 0 bridgehead atoms. The van der Waals surface area contributed by atoms with Gasteiger partial charge in [-0.25, -0.2) is 0 Å². The Hall–Kier alpha value is -5.28. The summed E-state index contributed by atoms with van der Waals surface area (Å²) >= 11 is 0. The Morgan fingerprint density at radius 3 is 1.27 bits per heavy atom. The highest BCUT2D eigenvalue weighted by Crippen LogP contribution is 2.39. The van der Waals surface area contributed by atoms with Crippen molar-refractivity contribution in [3.63, 3.8) is 0 Å². The van der Waals surface area contributed by atoms with E-state index in [2.05, 4.69) is 162 Å². The molecule has 3 nitrogen and oxygen atoms in total. The standard InChI is InChI=1S/C38H32N2O/c1-39(34-23-25-38(41-2)26-24-34)33-19-21-35(22-20-33)40(36-17-9-15-31(27-36)29-11-5-3-6-12-29)37-18-10-16-32(28-37)30-13-7-4-8-14-30/h3-28H,1-2H3. The third-order valence-corrected chi connectivity index (χ3v) is 7.38. The van der Waals surface area contributed by atoms with Crippen LogP contribution < -0.4 is 14.5 Å². The van der Waals surface area contributed by atoms with Gasteiger partial charge in [0, 0.05) is 35.5 Å². The van der Waals surface area contributed by atoms with Crippen LogP contribution in [-0.2, 0) is 0 Å². The van der Waals surface area contributed by atoms with E-state index in [-0.39, 0.29) is 0 Å². The molecule has 0 aliphatic rings. The van der Waals surface area contributed by atoms with Gasteiger partial charge in [-0.2, -0.15) is 0 Å². The zero-order valence-electron chi connectivity index (χ0n) is 23.3. The van der Waals surface area contributed by atoms with Crippen LogP contribution in [0.4, 0.5) is 28.4 Å². The number of methoxy groups -OCH3 is 1. The monoisotopic (exact) mass is 532 g/mol. The van der Waals surface area contributed by atoms with Crippen LogP contribution in [0.15, 0.2) is 158 Å². The molecule has 0 aromatic heterocycles. The lowest BCUT2D eigenvalue weighted by Gasteiger charge is -2.27. The summed E-state index contributed by atoms with van der Waals surface area (Å²) in [5.41, 5.74) is 10.3. The van der Waals surface area contributed by atoms with Crippen molar-refractivity contribution in [3.05, 3.63) is 158 Å². The van der Waals surface area contributed by atoms with Crippen molar-refractivity contribution in [3.8, 4) is 28.0 Å². The van der Waals surface area contributed by atoms with E-state index in [1.165, 1.54) is 22.3 Å². The van der Waals surface area contributed by atoms with Gasteiger partial charge in [0.05, 0.1) is 7.11 Å². The lowest BCUT2D eigenvalue weighted by Crippen LogP contribution is -2.12. The number of benzene rings is 6. The number of nitrogens with zero attached hydrogens (tertiary/aromatic N) is 2. The molecule has 3 heteroatoms. The van der Waals surface area contributed by atoms with Crippen molar-refractivity contribution < 1.29 is 4.74 Å². The molecule has 0 unspecified atom stereocenters. The third kappa shape index (κ3) is 5.70. The van der Waals surface area contributed by atoms with E-state index < -0.39 is 0 Å². The van der Waals surface area contributed by atoms with Gasteiger partial charge in [0.25, 0.3) is 0 Å². The molecule has 41 heavy (non-hydrogen) atoms. The molecular formula is C38H32N2O. The molecule has 0 saturated heterocycles. The van der Waals surface area contributed by atoms with Crippen LogP contribution in [0.1, 0.15) is 0 Å². The Labute approximate surface area is 242 Å². The van der Waals surface area contributed by atoms with Crippen molar-refractivity contribution in [2.24, 2.45) is 0 Å². The van der Waals surface area contributed by atoms with Crippen LogP contribution in [0.3, 0.4) is 0 Å². The maximum Gasteiger partial charge on any atom is 0.119 e. The minimum Gasteiger partial charge on any atom is -0.497 e. The molecule has 200 valence electrons. The molecule has 0 saturated carbocycles. The van der Waals surface area contributed by atoms with E-state index in [1.807, 2.05) is 12.1 Å². The smallest absolute Gasteiger partial charge is 0.119 e. The summed E-state index contributed by atoms with van der Waals surface area (Å²) in [5.74, 6) is 0.851. The first-order valence-corrected chi connectivity index (χ1v) is 13.8. The van der Waals surface area contributed by atoms with Crippen molar-refractivity contribution in [1.82, 2.24) is 0 Å². The van der Waals surface area contributed by atoms with Crippen LogP contribution in [0, 0.1) is 0 Å². The van der Waals surface area contributed by atoms with Gasteiger partial charge in [-0.3, -0.25) is 0 Å². The fourth-order valence-corrected chi connectivity index (χ4v) is 5.14. The van der Waals surface area contributed by atoms with E-state index >= 15 is 0 Å². The fourth-order valence-electron chi connectivity index (χ4n) is 5.14. The minimum absolute atomic E-state index is 0.851. The zero-order valence-corrected chi connectivity index (χ0v) is 23.3. The van der Waals surface area contributed by atoms with Gasteiger partial charge in [-0.1, -0.05) is 84.9 Å². The summed E-state index contributed by atoms with van der Waals surface area (Å²) in [5, 5.41) is 0. The second-order valence-electron chi connectivity index (χ2n) is 9.94. The van der Waals surface area contributed by atoms with E-state index in [4.69, 9.17) is 4.74 Å². The number of hydrogen-bond acceptors (Lipinski definition) is 3. The molecule has 6 aromatic carbocycles. The predicted molar refractivity (Wildman–Crippen MR) is 173 cm³/mol. The van der Waals surface area contributed by atoms with Gasteiger partial charge in [0.2, 0.25) is 0 Å². The van der Waals surface area contributed by atoms with Crippen LogP contribution in [0.5, 0.6) is 5.75 Å². The Morgan fingerprint density at radius 1 is 0.390 bits per heavy atom. The van der Waals surface area contributed by atoms with Gasteiger partial charge in [-0.05, 0) is 95.1 Å². The van der Waals surface area contributed by atoms with Gasteiger partial charge >= 0.3 is 0 Å². The highest BCUT2D eigenvalue weighted by atomic mass is 16.5. The largest absolute Gasteiger partial charge is 0.497 e. The van der Waals surface area contributed by atoms with Gasteiger partial charge in [0.15, 0.2) is 0 Å². The zero-order chi connectivity index (χ0) is 28.0. The summed E-state index contributed by atoms with van der Waals surface area (Å²) in [7, 11) is 3.77. The quantitative estimate of drug-likeness (QED) is 0.194. The summed E-state index contributed by atoms with van der Waals surface area (Å²) in [6.45, 7) is 0. The normalized spacial score (nSPS) is 10.7. The average Bonchev–Trinajstić information content (AvgIpc) is 3.06. The predicted octanol–water partition coefficient (Wildman–Crippen LogP) is 10.3. The molecule has 6 aromatic rings. The second-order valence-corrected chi connectivity index (χ2v) is 9.94. The molecule has 0 N–H and O–H groups in total. The Balaban J connectivity index is 1.41. The molecule has 0 amide bonds. The number of ether oxygens (including phenoxy) is 1. The summed E-state index contributed by atoms with van der Waals surface area (Å²) in [6.07, 6.45) is 0. The Morgan fingerprint density at radius 2 is 0.805 bits per heavy atom. The SMILES string of the molecule is COc1ccc(N(C)c2ccc(N(c3cccc(-c4ccccc4)c3)c3cccc(-c4ccccc4)c3)cc2)cc1. The van der Waals surface area contributed by atoms with Crippen molar-refractivity contribution in [2.75, 3.05) is 24.0 Å². The molecule has 0 radical (unpaired) electrons. The van der Waals surface area contributed by atoms with E-state index in [0.717, 1.165) is 34.2 Å². The van der Waals surface area contributed by atoms with Crippen molar-refractivity contribution in [2.45, 2.75) is 0 Å². The third-order valence-electron chi connectivity index (χ3n) is 7.38. The second kappa shape index (κ2) is 11.8. The summed E-state index contributed by atoms with van der Waals surface area (Å²) in [4.78, 5) is 4.51. The average molecular weight is 533 g/mol. The van der Waals surface area contributed by atoms with Crippen LogP contribution in [0.25, 0.3) is 22.3 Å². The summed E-state index contributed by atoms with van der Waals surface area (Å²) < 4.78 is 5.33. The van der Waals surface area contributed by atoms with Crippen molar-refractivity contribution >= 4 is 28.4 Å². The Bertz CT molecular complexity index is 1630. The first-order valence-electron chi connectivity index (χ1n) is 13.8. The molecule has 0 aliphatic heterocycles. The maximum atomic E-state index is 5.33. The number of rotatable bonds is 8. The minimum atomic E-state index is 0.851. The highest BCUT2D eigenvalue weighted by Gasteiger charge is 2.15. The van der Waals surface area contributed by atoms with Gasteiger partial charge < -0.3 is 14.5 Å². The van der Waals surface area contributed by atoms with Crippen LogP contribution >= 0.6 is 0 Å². The van der Waals surface area contributed by atoms with Gasteiger partial charge in [-0.15, -0.1) is 0 Å². The maximum absolute atomic E-state index is 5.33. The topological polar surface area (TPSA) is 15.7 Å². The Kier molecular flexibility index (Phi) is 7.51. The molecule has 0 aliphatic carbocycles. The summed E-state index contributed by atoms with van der Waals surface area (Å²) in [6, 6.07) is 55.4. The lowest BCUT2D eigenvalue weighted by molar-refractivity contribution is 0.415. The van der Waals surface area contributed by atoms with E-state index in [1.54, 1.807) is 7.11 Å². The fraction of sp³-hybridized carbons (Fsp3) is 0.0526. The first-order chi connectivity index (χ1) is 20.2. The van der Waals surface area contributed by atoms with Crippen LogP contribution in [-0.4, -0.2) is 14.2 Å². The first kappa shape index (κ1) is 26.0. The molecule has 6 rings (SSSR count). The van der Waals surface area contributed by atoms with Crippen LogP contribution in [0.2, 0.25) is 0 Å². The lowest BCUT2D eigenvalue weighted by atomic mass is 10.0. The molecular weight excluding hydrogens is 500 g/mol. The molecule has 0 spiro atoms.